The molecule has 130 valence electrons. The van der Waals surface area contributed by atoms with Gasteiger partial charge in [0.15, 0.2) is 0 Å². The monoisotopic (exact) mass is 337 g/mol. The second kappa shape index (κ2) is 6.94. The normalized spacial score (nSPS) is 22.0. The molecule has 2 aliphatic heterocycles. The van der Waals surface area contributed by atoms with Crippen LogP contribution in [0.1, 0.15) is 29.8 Å². The average molecular weight is 337 g/mol. The number of anilines is 1. The number of hydrogen-bond acceptors (Lipinski definition) is 4. The summed E-state index contributed by atoms with van der Waals surface area (Å²) in [7, 11) is 0. The fourth-order valence-electron chi connectivity index (χ4n) is 3.91. The molecule has 1 aromatic carbocycles. The predicted molar refractivity (Wildman–Crippen MR) is 96.7 cm³/mol. The molecule has 2 saturated heterocycles. The zero-order valence-corrected chi connectivity index (χ0v) is 14.2. The number of nitrogens with zero attached hydrogens (tertiary/aromatic N) is 2. The third-order valence-corrected chi connectivity index (χ3v) is 5.21. The number of carbonyl (C=O) groups is 1. The molecular weight excluding hydrogens is 314 g/mol. The highest BCUT2D eigenvalue weighted by atomic mass is 16.5. The molecule has 0 aliphatic carbocycles. The fraction of sp³-hybridized carbons (Fsp3) is 0.400. The summed E-state index contributed by atoms with van der Waals surface area (Å²) in [5.41, 5.74) is 1.28. The molecule has 1 amide bonds. The average Bonchev–Trinajstić information content (AvgIpc) is 3.07. The summed E-state index contributed by atoms with van der Waals surface area (Å²) in [5.74, 6) is -0.0635. The third kappa shape index (κ3) is 3.30. The number of piperidine rings is 1. The zero-order valence-electron chi connectivity index (χ0n) is 14.2. The van der Waals surface area contributed by atoms with E-state index in [0.717, 1.165) is 38.0 Å². The molecule has 4 rings (SSSR count). The highest BCUT2D eigenvalue weighted by molar-refractivity contribution is 6.05. The van der Waals surface area contributed by atoms with Crippen LogP contribution in [0.5, 0.6) is 0 Å². The quantitative estimate of drug-likeness (QED) is 0.935. The smallest absolute Gasteiger partial charge is 0.277 e. The molecule has 2 aliphatic rings. The number of benzene rings is 1. The van der Waals surface area contributed by atoms with Crippen LogP contribution in [0.25, 0.3) is 0 Å². The first-order chi connectivity index (χ1) is 12.3. The number of nitrogens with one attached hydrogen (secondary N) is 1. The predicted octanol–water partition coefficient (Wildman–Crippen LogP) is 2.64. The molecule has 2 aromatic rings. The molecular formula is C20H23N3O2. The Kier molecular flexibility index (Phi) is 4.51. The first-order valence-corrected chi connectivity index (χ1v) is 8.92. The van der Waals surface area contributed by atoms with Gasteiger partial charge in [-0.1, -0.05) is 24.3 Å². The van der Waals surface area contributed by atoms with Gasteiger partial charge in [-0.3, -0.25) is 9.78 Å². The zero-order chi connectivity index (χ0) is 17.1. The fourth-order valence-corrected chi connectivity index (χ4v) is 3.91. The number of ether oxygens (including phenoxy) is 1. The van der Waals surface area contributed by atoms with Crippen LogP contribution in [0.2, 0.25) is 0 Å². The maximum atomic E-state index is 13.2. The van der Waals surface area contributed by atoms with Crippen LogP contribution >= 0.6 is 0 Å². The van der Waals surface area contributed by atoms with E-state index < -0.39 is 0 Å². The van der Waals surface area contributed by atoms with Crippen molar-refractivity contribution in [2.75, 3.05) is 24.6 Å². The molecule has 0 saturated carbocycles. The SMILES string of the molecule is O=C(c1ccccn1)N(c1ccccc1)C1COC2(CCNCC2)C1. The summed E-state index contributed by atoms with van der Waals surface area (Å²) in [6, 6.07) is 15.3. The maximum absolute atomic E-state index is 13.2. The van der Waals surface area contributed by atoms with E-state index in [2.05, 4.69) is 10.3 Å². The van der Waals surface area contributed by atoms with Gasteiger partial charge in [-0.05, 0) is 56.6 Å². The number of hydrogen-bond donors (Lipinski definition) is 1. The number of para-hydroxylation sites is 1. The number of amides is 1. The molecule has 1 aromatic heterocycles. The highest BCUT2D eigenvalue weighted by Crippen LogP contribution is 2.37. The lowest BCUT2D eigenvalue weighted by molar-refractivity contribution is -0.0193. The van der Waals surface area contributed by atoms with E-state index in [-0.39, 0.29) is 17.6 Å². The van der Waals surface area contributed by atoms with Gasteiger partial charge in [0.1, 0.15) is 5.69 Å². The number of aromatic nitrogens is 1. The lowest BCUT2D eigenvalue weighted by Gasteiger charge is -2.34. The van der Waals surface area contributed by atoms with Crippen molar-refractivity contribution in [3.05, 3.63) is 60.4 Å². The Balaban J connectivity index is 1.63. The van der Waals surface area contributed by atoms with Crippen molar-refractivity contribution < 1.29 is 9.53 Å². The van der Waals surface area contributed by atoms with Gasteiger partial charge in [0.25, 0.3) is 5.91 Å². The Morgan fingerprint density at radius 2 is 1.88 bits per heavy atom. The van der Waals surface area contributed by atoms with E-state index >= 15 is 0 Å². The van der Waals surface area contributed by atoms with Gasteiger partial charge in [-0.2, -0.15) is 0 Å². The van der Waals surface area contributed by atoms with Crippen LogP contribution < -0.4 is 10.2 Å². The van der Waals surface area contributed by atoms with Crippen molar-refractivity contribution in [1.82, 2.24) is 10.3 Å². The van der Waals surface area contributed by atoms with Crippen LogP contribution in [-0.2, 0) is 4.74 Å². The molecule has 3 heterocycles. The molecule has 1 N–H and O–H groups in total. The Hall–Kier alpha value is -2.24. The lowest BCUT2D eigenvalue weighted by Crippen LogP contribution is -2.44. The molecule has 25 heavy (non-hydrogen) atoms. The van der Waals surface area contributed by atoms with Crippen LogP contribution in [0.4, 0.5) is 5.69 Å². The summed E-state index contributed by atoms with van der Waals surface area (Å²) in [6.45, 7) is 2.53. The second-order valence-corrected chi connectivity index (χ2v) is 6.83. The van der Waals surface area contributed by atoms with Gasteiger partial charge >= 0.3 is 0 Å². The van der Waals surface area contributed by atoms with Crippen molar-refractivity contribution in [2.45, 2.75) is 30.9 Å². The van der Waals surface area contributed by atoms with Gasteiger partial charge < -0.3 is 15.0 Å². The highest BCUT2D eigenvalue weighted by Gasteiger charge is 2.44. The summed E-state index contributed by atoms with van der Waals surface area (Å²) < 4.78 is 6.23. The molecule has 1 spiro atoms. The van der Waals surface area contributed by atoms with Gasteiger partial charge in [0.2, 0.25) is 0 Å². The van der Waals surface area contributed by atoms with E-state index in [0.29, 0.717) is 12.3 Å². The van der Waals surface area contributed by atoms with Crippen LogP contribution in [-0.4, -0.2) is 42.2 Å². The van der Waals surface area contributed by atoms with Crippen molar-refractivity contribution in [1.29, 1.82) is 0 Å². The third-order valence-electron chi connectivity index (χ3n) is 5.21. The van der Waals surface area contributed by atoms with Gasteiger partial charge in [-0.25, -0.2) is 0 Å². The first-order valence-electron chi connectivity index (χ1n) is 8.92. The standard InChI is InChI=1S/C20H23N3O2/c24-19(18-8-4-5-11-22-18)23(16-6-2-1-3-7-16)17-14-20(25-15-17)9-12-21-13-10-20/h1-8,11,17,21H,9-10,12-15H2. The number of pyridine rings is 1. The number of carbonyl (C=O) groups excluding carboxylic acids is 1. The summed E-state index contributed by atoms with van der Waals surface area (Å²) >= 11 is 0. The van der Waals surface area contributed by atoms with E-state index in [1.165, 1.54) is 0 Å². The Labute approximate surface area is 148 Å². The molecule has 0 radical (unpaired) electrons. The topological polar surface area (TPSA) is 54.5 Å². The minimum absolute atomic E-state index is 0.0370. The summed E-state index contributed by atoms with van der Waals surface area (Å²) in [6.07, 6.45) is 4.55. The lowest BCUT2D eigenvalue weighted by atomic mass is 9.87. The van der Waals surface area contributed by atoms with Crippen molar-refractivity contribution in [3.8, 4) is 0 Å². The van der Waals surface area contributed by atoms with E-state index in [1.54, 1.807) is 12.3 Å². The molecule has 0 bridgehead atoms. The van der Waals surface area contributed by atoms with Crippen LogP contribution in [0, 0.1) is 0 Å². The molecule has 5 heteroatoms. The first kappa shape index (κ1) is 16.2. The minimum atomic E-state index is -0.0899. The van der Waals surface area contributed by atoms with Crippen LogP contribution in [0.3, 0.4) is 0 Å². The van der Waals surface area contributed by atoms with Gasteiger partial charge in [0, 0.05) is 11.9 Å². The Morgan fingerprint density at radius 3 is 2.60 bits per heavy atom. The second-order valence-electron chi connectivity index (χ2n) is 6.83. The Morgan fingerprint density at radius 1 is 1.12 bits per heavy atom. The Bertz CT molecular complexity index is 714. The maximum Gasteiger partial charge on any atom is 0.277 e. The van der Waals surface area contributed by atoms with Crippen molar-refractivity contribution in [3.63, 3.8) is 0 Å². The molecule has 1 unspecified atom stereocenters. The number of rotatable bonds is 3. The van der Waals surface area contributed by atoms with E-state index in [9.17, 15) is 4.79 Å². The van der Waals surface area contributed by atoms with Crippen LogP contribution in [0.15, 0.2) is 54.7 Å². The van der Waals surface area contributed by atoms with Crippen molar-refractivity contribution in [2.24, 2.45) is 0 Å². The molecule has 2 fully saturated rings. The van der Waals surface area contributed by atoms with Gasteiger partial charge in [0.05, 0.1) is 18.2 Å². The van der Waals surface area contributed by atoms with Crippen molar-refractivity contribution >= 4 is 11.6 Å². The van der Waals surface area contributed by atoms with E-state index in [4.69, 9.17) is 4.74 Å². The summed E-state index contributed by atoms with van der Waals surface area (Å²) in [5, 5.41) is 3.39. The minimum Gasteiger partial charge on any atom is -0.373 e. The molecule has 1 atom stereocenters. The largest absolute Gasteiger partial charge is 0.373 e. The summed E-state index contributed by atoms with van der Waals surface area (Å²) in [4.78, 5) is 19.3. The molecule has 5 nitrogen and oxygen atoms in total. The van der Waals surface area contributed by atoms with E-state index in [1.807, 2.05) is 47.4 Å². The van der Waals surface area contributed by atoms with Gasteiger partial charge in [-0.15, -0.1) is 0 Å².